The summed E-state index contributed by atoms with van der Waals surface area (Å²) in [5, 5.41) is 14.6. The summed E-state index contributed by atoms with van der Waals surface area (Å²) in [6.45, 7) is 3.95. The molecule has 0 fully saturated rings. The third-order valence-corrected chi connectivity index (χ3v) is 3.71. The van der Waals surface area contributed by atoms with Gasteiger partial charge in [0.15, 0.2) is 0 Å². The minimum atomic E-state index is -0.424. The van der Waals surface area contributed by atoms with Crippen LogP contribution < -0.4 is 5.32 Å². The summed E-state index contributed by atoms with van der Waals surface area (Å²) in [5.74, 6) is -0.424. The Kier molecular flexibility index (Phi) is 4.85. The van der Waals surface area contributed by atoms with Gasteiger partial charge in [-0.2, -0.15) is 5.26 Å². The van der Waals surface area contributed by atoms with Crippen molar-refractivity contribution >= 4 is 29.0 Å². The molecule has 2 rings (SSSR count). The second-order valence-corrected chi connectivity index (χ2v) is 5.53. The zero-order chi connectivity index (χ0) is 15.2. The van der Waals surface area contributed by atoms with Crippen LogP contribution in [0.3, 0.4) is 0 Å². The zero-order valence-electron chi connectivity index (χ0n) is 11.9. The van der Waals surface area contributed by atoms with Crippen LogP contribution in [-0.4, -0.2) is 10.9 Å². The van der Waals surface area contributed by atoms with Gasteiger partial charge >= 0.3 is 0 Å². The molecule has 0 saturated carbocycles. The maximum atomic E-state index is 12.1. The first-order chi connectivity index (χ1) is 10.1. The highest BCUT2D eigenvalue weighted by molar-refractivity contribution is 7.09. The molecular weight excluding hydrogens is 282 g/mol. The Morgan fingerprint density at radius 2 is 2.14 bits per heavy atom. The third-order valence-electron chi connectivity index (χ3n) is 2.91. The summed E-state index contributed by atoms with van der Waals surface area (Å²) >= 11 is 1.48. The second-order valence-electron chi connectivity index (χ2n) is 4.47. The maximum absolute atomic E-state index is 12.1. The number of amides is 1. The lowest BCUT2D eigenvalue weighted by molar-refractivity contribution is -0.112. The topological polar surface area (TPSA) is 65.8 Å². The van der Waals surface area contributed by atoms with E-state index in [1.807, 2.05) is 42.6 Å². The lowest BCUT2D eigenvalue weighted by Gasteiger charge is -2.04. The molecule has 1 N–H and O–H groups in total. The van der Waals surface area contributed by atoms with Crippen molar-refractivity contribution in [3.63, 3.8) is 0 Å². The van der Waals surface area contributed by atoms with Crippen LogP contribution >= 0.6 is 11.3 Å². The number of nitriles is 1. The van der Waals surface area contributed by atoms with E-state index in [1.54, 1.807) is 0 Å². The number of nitrogens with one attached hydrogen (secondary N) is 1. The van der Waals surface area contributed by atoms with E-state index >= 15 is 0 Å². The standard InChI is InChI=1S/C16H15N3OS/c1-3-12-4-6-14(7-5-12)19-16(20)13(9-17)8-15-10-21-11(2)18-15/h4-8,10H,3H2,1-2H3,(H,19,20)/b13-8+. The first kappa shape index (κ1) is 14.9. The fourth-order valence-electron chi connectivity index (χ4n) is 1.77. The van der Waals surface area contributed by atoms with E-state index in [4.69, 9.17) is 5.26 Å². The van der Waals surface area contributed by atoms with Gasteiger partial charge in [-0.25, -0.2) is 4.98 Å². The zero-order valence-corrected chi connectivity index (χ0v) is 12.7. The summed E-state index contributed by atoms with van der Waals surface area (Å²) in [6.07, 6.45) is 2.44. The molecule has 0 unspecified atom stereocenters. The number of carbonyl (C=O) groups is 1. The molecule has 0 radical (unpaired) electrons. The Morgan fingerprint density at radius 3 is 2.67 bits per heavy atom. The van der Waals surface area contributed by atoms with Gasteiger partial charge in [0.25, 0.3) is 5.91 Å². The molecule has 0 aliphatic heterocycles. The Balaban J connectivity index is 2.13. The van der Waals surface area contributed by atoms with Gasteiger partial charge in [0.2, 0.25) is 0 Å². The summed E-state index contributed by atoms with van der Waals surface area (Å²) in [4.78, 5) is 16.3. The molecule has 106 valence electrons. The van der Waals surface area contributed by atoms with E-state index in [0.29, 0.717) is 11.4 Å². The highest BCUT2D eigenvalue weighted by Crippen LogP contribution is 2.14. The van der Waals surface area contributed by atoms with E-state index < -0.39 is 5.91 Å². The molecule has 1 heterocycles. The number of aromatic nitrogens is 1. The summed E-state index contributed by atoms with van der Waals surface area (Å²) < 4.78 is 0. The van der Waals surface area contributed by atoms with Gasteiger partial charge in [-0.1, -0.05) is 19.1 Å². The summed E-state index contributed by atoms with van der Waals surface area (Å²) in [6, 6.07) is 9.49. The number of thiazole rings is 1. The van der Waals surface area contributed by atoms with Gasteiger partial charge in [0, 0.05) is 11.1 Å². The van der Waals surface area contributed by atoms with Crippen molar-refractivity contribution in [3.05, 3.63) is 51.5 Å². The molecule has 0 aliphatic carbocycles. The van der Waals surface area contributed by atoms with Crippen LogP contribution in [0, 0.1) is 18.3 Å². The number of hydrogen-bond acceptors (Lipinski definition) is 4. The fraction of sp³-hybridized carbons (Fsp3) is 0.188. The summed E-state index contributed by atoms with van der Waals surface area (Å²) in [7, 11) is 0. The van der Waals surface area contributed by atoms with Gasteiger partial charge in [-0.15, -0.1) is 11.3 Å². The van der Waals surface area contributed by atoms with Gasteiger partial charge in [0.1, 0.15) is 11.6 Å². The minimum Gasteiger partial charge on any atom is -0.321 e. The molecule has 1 aromatic carbocycles. The van der Waals surface area contributed by atoms with Crippen molar-refractivity contribution in [2.24, 2.45) is 0 Å². The number of aryl methyl sites for hydroxylation is 2. The van der Waals surface area contributed by atoms with E-state index in [0.717, 1.165) is 11.4 Å². The van der Waals surface area contributed by atoms with Crippen molar-refractivity contribution in [1.29, 1.82) is 5.26 Å². The lowest BCUT2D eigenvalue weighted by Crippen LogP contribution is -2.13. The molecule has 0 spiro atoms. The van der Waals surface area contributed by atoms with Crippen molar-refractivity contribution < 1.29 is 4.79 Å². The quantitative estimate of drug-likeness (QED) is 0.693. The highest BCUT2D eigenvalue weighted by Gasteiger charge is 2.10. The second kappa shape index (κ2) is 6.82. The normalized spacial score (nSPS) is 11.0. The smallest absolute Gasteiger partial charge is 0.266 e. The van der Waals surface area contributed by atoms with Gasteiger partial charge in [0.05, 0.1) is 10.7 Å². The van der Waals surface area contributed by atoms with Crippen LogP contribution in [-0.2, 0) is 11.2 Å². The Bertz CT molecular complexity index is 708. The molecule has 0 saturated heterocycles. The van der Waals surface area contributed by atoms with Crippen LogP contribution in [0.4, 0.5) is 5.69 Å². The van der Waals surface area contributed by atoms with Gasteiger partial charge in [-0.3, -0.25) is 4.79 Å². The first-order valence-electron chi connectivity index (χ1n) is 6.56. The minimum absolute atomic E-state index is 0.0415. The first-order valence-corrected chi connectivity index (χ1v) is 7.44. The SMILES string of the molecule is CCc1ccc(NC(=O)/C(C#N)=C/c2csc(C)n2)cc1. The van der Waals surface area contributed by atoms with Gasteiger partial charge in [-0.05, 0) is 37.1 Å². The molecule has 2 aromatic rings. The molecular formula is C16H15N3OS. The number of anilines is 1. The Hall–Kier alpha value is -2.45. The molecule has 0 aliphatic rings. The summed E-state index contributed by atoms with van der Waals surface area (Å²) in [5.41, 5.74) is 2.54. The average Bonchev–Trinajstić information content (AvgIpc) is 2.90. The van der Waals surface area contributed by atoms with Crippen LogP contribution in [0.2, 0.25) is 0 Å². The molecule has 4 nitrogen and oxygen atoms in total. The number of rotatable bonds is 4. The number of carbonyl (C=O) groups excluding carboxylic acids is 1. The number of benzene rings is 1. The monoisotopic (exact) mass is 297 g/mol. The average molecular weight is 297 g/mol. The largest absolute Gasteiger partial charge is 0.321 e. The Labute approximate surface area is 127 Å². The van der Waals surface area contributed by atoms with E-state index in [-0.39, 0.29) is 5.57 Å². The predicted octanol–water partition coefficient (Wildman–Crippen LogP) is 3.56. The molecule has 1 amide bonds. The van der Waals surface area contributed by atoms with Crippen LogP contribution in [0.25, 0.3) is 6.08 Å². The number of nitrogens with zero attached hydrogens (tertiary/aromatic N) is 2. The molecule has 1 aromatic heterocycles. The Morgan fingerprint density at radius 1 is 1.43 bits per heavy atom. The van der Waals surface area contributed by atoms with Crippen molar-refractivity contribution in [1.82, 2.24) is 4.98 Å². The van der Waals surface area contributed by atoms with Crippen LogP contribution in [0.5, 0.6) is 0 Å². The van der Waals surface area contributed by atoms with E-state index in [1.165, 1.54) is 23.0 Å². The maximum Gasteiger partial charge on any atom is 0.266 e. The van der Waals surface area contributed by atoms with Crippen LogP contribution in [0.1, 0.15) is 23.2 Å². The van der Waals surface area contributed by atoms with E-state index in [2.05, 4.69) is 17.2 Å². The molecule has 0 atom stereocenters. The predicted molar refractivity (Wildman–Crippen MR) is 84.9 cm³/mol. The fourth-order valence-corrected chi connectivity index (χ4v) is 2.34. The third kappa shape index (κ3) is 4.01. The highest BCUT2D eigenvalue weighted by atomic mass is 32.1. The van der Waals surface area contributed by atoms with Crippen molar-refractivity contribution in [2.45, 2.75) is 20.3 Å². The lowest BCUT2D eigenvalue weighted by atomic mass is 10.1. The van der Waals surface area contributed by atoms with Gasteiger partial charge < -0.3 is 5.32 Å². The molecule has 21 heavy (non-hydrogen) atoms. The molecule has 0 bridgehead atoms. The van der Waals surface area contributed by atoms with Crippen LogP contribution in [0.15, 0.2) is 35.2 Å². The van der Waals surface area contributed by atoms with Crippen molar-refractivity contribution in [2.75, 3.05) is 5.32 Å². The van der Waals surface area contributed by atoms with Crippen molar-refractivity contribution in [3.8, 4) is 6.07 Å². The van der Waals surface area contributed by atoms with E-state index in [9.17, 15) is 4.79 Å². The molecule has 5 heteroatoms. The number of hydrogen-bond donors (Lipinski definition) is 1.